The lowest BCUT2D eigenvalue weighted by Crippen LogP contribution is -2.50. The molecule has 0 saturated carbocycles. The predicted molar refractivity (Wildman–Crippen MR) is 301 cm³/mol. The molecule has 0 saturated heterocycles. The second-order valence-electron chi connectivity index (χ2n) is 21.0. The number of ether oxygens (including phenoxy) is 4. The lowest BCUT2D eigenvalue weighted by Gasteiger charge is -2.31. The van der Waals surface area contributed by atoms with Crippen molar-refractivity contribution in [2.24, 2.45) is 10.8 Å². The summed E-state index contributed by atoms with van der Waals surface area (Å²) in [5.74, 6) is 1.25. The van der Waals surface area contributed by atoms with Crippen LogP contribution in [0.1, 0.15) is 93.9 Å². The topological polar surface area (TPSA) is 289 Å². The van der Waals surface area contributed by atoms with Crippen molar-refractivity contribution in [2.75, 3.05) is 26.3 Å². The highest BCUT2D eigenvalue weighted by atomic mass is 32.2. The zero-order chi connectivity index (χ0) is 58.4. The van der Waals surface area contributed by atoms with Crippen LogP contribution < -0.4 is 29.6 Å². The van der Waals surface area contributed by atoms with Crippen LogP contribution in [0.25, 0.3) is 11.4 Å². The molecule has 0 aliphatic heterocycles. The number of unbranched alkanes of at least 4 members (excludes halogenated alkanes) is 2. The van der Waals surface area contributed by atoms with Gasteiger partial charge in [0.1, 0.15) is 36.9 Å². The number of hydrogen-bond acceptors (Lipinski definition) is 16. The Balaban J connectivity index is 0.000000294. The Morgan fingerprint density at radius 2 is 0.938 bits per heavy atom. The van der Waals surface area contributed by atoms with Gasteiger partial charge in [0.05, 0.1) is 36.9 Å². The van der Waals surface area contributed by atoms with Gasteiger partial charge >= 0.3 is 12.2 Å². The van der Waals surface area contributed by atoms with Gasteiger partial charge in [-0.1, -0.05) is 93.2 Å². The van der Waals surface area contributed by atoms with Crippen LogP contribution in [0.5, 0.6) is 11.5 Å². The van der Waals surface area contributed by atoms with Crippen molar-refractivity contribution in [3.63, 3.8) is 0 Å². The molecule has 6 aromatic rings. The van der Waals surface area contributed by atoms with Gasteiger partial charge in [0.15, 0.2) is 10.1 Å². The summed E-state index contributed by atoms with van der Waals surface area (Å²) in [4.78, 5) is 41.6. The average molecular weight is 1150 g/mol. The smallest absolute Gasteiger partial charge is 0.407 e. The van der Waals surface area contributed by atoms with E-state index in [1.54, 1.807) is 49.3 Å². The number of aromatic nitrogens is 6. The zero-order valence-corrected chi connectivity index (χ0v) is 48.3. The van der Waals surface area contributed by atoms with Gasteiger partial charge in [-0.05, 0) is 85.6 Å². The van der Waals surface area contributed by atoms with Gasteiger partial charge in [0.2, 0.25) is 0 Å². The Morgan fingerprint density at radius 3 is 1.24 bits per heavy atom. The van der Waals surface area contributed by atoms with Crippen molar-refractivity contribution >= 4 is 32.2 Å². The van der Waals surface area contributed by atoms with E-state index in [-0.39, 0.29) is 36.4 Å². The number of benzene rings is 2. The summed E-state index contributed by atoms with van der Waals surface area (Å²) >= 11 is 0. The number of amides is 2. The van der Waals surface area contributed by atoms with Crippen molar-refractivity contribution in [3.05, 3.63) is 135 Å². The number of sulfonamides is 2. The van der Waals surface area contributed by atoms with Crippen LogP contribution >= 0.6 is 0 Å². The summed E-state index contributed by atoms with van der Waals surface area (Å²) in [6.45, 7) is 15.2. The van der Waals surface area contributed by atoms with E-state index in [4.69, 9.17) is 18.9 Å². The van der Waals surface area contributed by atoms with E-state index in [0.717, 1.165) is 37.1 Å². The standard InChI is InChI=1S/2C28H39N5O6S/c2*1-5-6-9-23(24(34)18-31-40(36,37)26-10-7-8-15-30-26)32-27(35)39-25(28(2,3)4)19-38-22-13-11-21(12-14-22)33-17-16-29-20-33/h2*7-8,10-17,20,23-25,31,34H,5-6,9,18-19H2,1-4H3,(H,32,35)/t23-,24+,25+;23-,24-,25+/m00/s1. The highest BCUT2D eigenvalue weighted by Crippen LogP contribution is 2.27. The van der Waals surface area contributed by atoms with E-state index in [0.29, 0.717) is 24.3 Å². The van der Waals surface area contributed by atoms with Gasteiger partial charge in [-0.3, -0.25) is 0 Å². The van der Waals surface area contributed by atoms with E-state index in [1.165, 1.54) is 24.5 Å². The highest BCUT2D eigenvalue weighted by molar-refractivity contribution is 7.89. The summed E-state index contributed by atoms with van der Waals surface area (Å²) in [7, 11) is -7.82. The number of imidazole rings is 2. The molecular formula is C56H78N10O12S2. The molecule has 6 N–H and O–H groups in total. The van der Waals surface area contributed by atoms with Crippen molar-refractivity contribution < 1.29 is 55.6 Å². The van der Waals surface area contributed by atoms with Crippen molar-refractivity contribution in [2.45, 2.75) is 140 Å². The number of rotatable bonds is 28. The van der Waals surface area contributed by atoms with Gasteiger partial charge in [0.25, 0.3) is 20.0 Å². The molecule has 0 radical (unpaired) electrons. The average Bonchev–Trinajstić information content (AvgIpc) is 4.19. The molecule has 0 spiro atoms. The quantitative estimate of drug-likeness (QED) is 0.0279. The van der Waals surface area contributed by atoms with Crippen LogP contribution in [0, 0.1) is 10.8 Å². The Kier molecular flexibility index (Phi) is 24.4. The zero-order valence-electron chi connectivity index (χ0n) is 46.7. The summed E-state index contributed by atoms with van der Waals surface area (Å²) in [6.07, 6.45) is 12.2. The van der Waals surface area contributed by atoms with E-state index in [2.05, 4.69) is 40.0 Å². The number of alkyl carbamates (subject to hydrolysis) is 2. The van der Waals surface area contributed by atoms with Crippen LogP contribution in [-0.2, 0) is 29.5 Å². The molecule has 2 amide bonds. The summed E-state index contributed by atoms with van der Waals surface area (Å²) in [6, 6.07) is 22.5. The first-order valence-corrected chi connectivity index (χ1v) is 29.5. The maximum absolute atomic E-state index is 12.9. The summed E-state index contributed by atoms with van der Waals surface area (Å²) < 4.78 is 81.9. The number of hydrogen-bond donors (Lipinski definition) is 6. The molecule has 436 valence electrons. The third-order valence-corrected chi connectivity index (χ3v) is 15.3. The van der Waals surface area contributed by atoms with E-state index in [9.17, 15) is 36.6 Å². The predicted octanol–water partition coefficient (Wildman–Crippen LogP) is 7.37. The summed E-state index contributed by atoms with van der Waals surface area (Å²) in [5.41, 5.74) is 0.993. The minimum absolute atomic E-state index is 0.118. The van der Waals surface area contributed by atoms with Crippen LogP contribution in [-0.4, -0.2) is 131 Å². The fourth-order valence-electron chi connectivity index (χ4n) is 7.55. The molecule has 6 atom stereocenters. The van der Waals surface area contributed by atoms with Gasteiger partial charge in [-0.25, -0.2) is 55.8 Å². The van der Waals surface area contributed by atoms with Crippen LogP contribution in [0.3, 0.4) is 0 Å². The molecular weight excluding hydrogens is 1070 g/mol. The molecule has 0 bridgehead atoms. The van der Waals surface area contributed by atoms with Crippen molar-refractivity contribution in [3.8, 4) is 22.9 Å². The first-order valence-electron chi connectivity index (χ1n) is 26.5. The first-order chi connectivity index (χ1) is 38.0. The minimum atomic E-state index is -3.91. The minimum Gasteiger partial charge on any atom is -0.490 e. The number of aliphatic hydroxyl groups excluding tert-OH is 2. The molecule has 24 heteroatoms. The Labute approximate surface area is 470 Å². The Bertz CT molecular complexity index is 2760. The second kappa shape index (κ2) is 30.6. The monoisotopic (exact) mass is 1150 g/mol. The van der Waals surface area contributed by atoms with Gasteiger partial charge < -0.3 is 48.9 Å². The maximum Gasteiger partial charge on any atom is 0.407 e. The number of nitrogens with zero attached hydrogens (tertiary/aromatic N) is 6. The van der Waals surface area contributed by atoms with E-state index in [1.807, 2.05) is 125 Å². The fourth-order valence-corrected chi connectivity index (χ4v) is 9.54. The second-order valence-corrected chi connectivity index (χ2v) is 24.5. The molecule has 0 unspecified atom stereocenters. The molecule has 0 aliphatic carbocycles. The third-order valence-electron chi connectivity index (χ3n) is 12.6. The van der Waals surface area contributed by atoms with Gasteiger partial charge in [-0.2, -0.15) is 0 Å². The highest BCUT2D eigenvalue weighted by Gasteiger charge is 2.33. The van der Waals surface area contributed by atoms with Crippen LogP contribution in [0.2, 0.25) is 0 Å². The number of nitrogens with one attached hydrogen (secondary N) is 4. The van der Waals surface area contributed by atoms with Crippen LogP contribution in [0.4, 0.5) is 9.59 Å². The normalized spacial score (nSPS) is 14.2. The van der Waals surface area contributed by atoms with Gasteiger partial charge in [0, 0.05) is 72.5 Å². The molecule has 6 rings (SSSR count). The molecule has 22 nitrogen and oxygen atoms in total. The lowest BCUT2D eigenvalue weighted by atomic mass is 9.89. The molecule has 4 aromatic heterocycles. The lowest BCUT2D eigenvalue weighted by molar-refractivity contribution is -0.00281. The SMILES string of the molecule is CCCC[C@H](NC(=O)O[C@H](COc1ccc(-n2ccnc2)cc1)C(C)(C)C)[C@@H](O)CNS(=O)(=O)c1ccccn1.CCCC[C@H](NC(=O)O[C@H](COc1ccc(-n2ccnc2)cc1)C(C)(C)C)[C@H](O)CNS(=O)(=O)c1ccccn1. The largest absolute Gasteiger partial charge is 0.490 e. The van der Waals surface area contributed by atoms with Crippen LogP contribution in [0.15, 0.2) is 145 Å². The van der Waals surface area contributed by atoms with Gasteiger partial charge in [-0.15, -0.1) is 0 Å². The first kappa shape index (κ1) is 63.9. The number of pyridine rings is 2. The number of carbonyl (C=O) groups excluding carboxylic acids is 2. The molecule has 0 fully saturated rings. The summed E-state index contributed by atoms with van der Waals surface area (Å²) in [5, 5.41) is 26.7. The Morgan fingerprint density at radius 1 is 0.562 bits per heavy atom. The maximum atomic E-state index is 12.9. The van der Waals surface area contributed by atoms with E-state index >= 15 is 0 Å². The number of aliphatic hydroxyl groups is 2. The number of carbonyl (C=O) groups is 2. The third kappa shape index (κ3) is 20.9. The fraction of sp³-hybridized carbons (Fsp3) is 0.464. The molecule has 0 aliphatic rings. The van der Waals surface area contributed by atoms with Crippen molar-refractivity contribution in [1.82, 2.24) is 49.1 Å². The van der Waals surface area contributed by atoms with E-state index < -0.39 is 79.6 Å². The Hall–Kier alpha value is -6.96. The molecule has 4 heterocycles. The molecule has 80 heavy (non-hydrogen) atoms. The van der Waals surface area contributed by atoms with Crippen molar-refractivity contribution in [1.29, 1.82) is 0 Å². The molecule has 2 aromatic carbocycles.